The Kier molecular flexibility index (Phi) is 3.93. The molecule has 5 nitrogen and oxygen atoms in total. The highest BCUT2D eigenvalue weighted by atomic mass is 15.3. The molecule has 0 aromatic carbocycles. The summed E-state index contributed by atoms with van der Waals surface area (Å²) in [4.78, 5) is 4.27. The maximum Gasteiger partial charge on any atom is 0.122 e. The predicted molar refractivity (Wildman–Crippen MR) is 66.3 cm³/mol. The van der Waals surface area contributed by atoms with E-state index in [0.29, 0.717) is 0 Å². The monoisotopic (exact) mass is 233 g/mol. The summed E-state index contributed by atoms with van der Waals surface area (Å²) in [5.41, 5.74) is 1.22. The van der Waals surface area contributed by atoms with Crippen molar-refractivity contribution >= 4 is 0 Å². The summed E-state index contributed by atoms with van der Waals surface area (Å²) in [7, 11) is 2.01. The van der Waals surface area contributed by atoms with Gasteiger partial charge in [-0.05, 0) is 12.5 Å². The fourth-order valence-electron chi connectivity index (χ4n) is 1.79. The SMILES string of the molecule is CCCn1nccc1CNCc1nccn1C. The van der Waals surface area contributed by atoms with Crippen LogP contribution in [0.25, 0.3) is 0 Å². The lowest BCUT2D eigenvalue weighted by molar-refractivity contribution is 0.542. The minimum Gasteiger partial charge on any atom is -0.337 e. The molecule has 0 amide bonds. The summed E-state index contributed by atoms with van der Waals surface area (Å²) < 4.78 is 4.07. The summed E-state index contributed by atoms with van der Waals surface area (Å²) in [5, 5.41) is 7.68. The van der Waals surface area contributed by atoms with E-state index in [0.717, 1.165) is 31.9 Å². The number of aryl methyl sites for hydroxylation is 2. The molecule has 0 atom stereocenters. The third kappa shape index (κ3) is 2.94. The largest absolute Gasteiger partial charge is 0.337 e. The Bertz CT molecular complexity index is 457. The molecule has 1 N–H and O–H groups in total. The zero-order valence-corrected chi connectivity index (χ0v) is 10.4. The normalized spacial score (nSPS) is 10.9. The van der Waals surface area contributed by atoms with Crippen molar-refractivity contribution in [3.8, 4) is 0 Å². The first-order valence-electron chi connectivity index (χ1n) is 5.99. The molecule has 2 aromatic heterocycles. The molecule has 92 valence electrons. The lowest BCUT2D eigenvalue weighted by atomic mass is 10.4. The number of nitrogens with one attached hydrogen (secondary N) is 1. The molecule has 0 saturated carbocycles. The number of imidazole rings is 1. The smallest absolute Gasteiger partial charge is 0.122 e. The van der Waals surface area contributed by atoms with Crippen molar-refractivity contribution in [3.63, 3.8) is 0 Å². The van der Waals surface area contributed by atoms with Crippen LogP contribution < -0.4 is 5.32 Å². The molecular formula is C12H19N5. The lowest BCUT2D eigenvalue weighted by Crippen LogP contribution is -2.18. The van der Waals surface area contributed by atoms with E-state index in [1.807, 2.05) is 34.9 Å². The van der Waals surface area contributed by atoms with Gasteiger partial charge < -0.3 is 9.88 Å². The van der Waals surface area contributed by atoms with E-state index < -0.39 is 0 Å². The lowest BCUT2D eigenvalue weighted by Gasteiger charge is -2.07. The van der Waals surface area contributed by atoms with E-state index in [4.69, 9.17) is 0 Å². The van der Waals surface area contributed by atoms with Crippen LogP contribution in [0.15, 0.2) is 24.7 Å². The molecule has 0 aliphatic carbocycles. The molecule has 17 heavy (non-hydrogen) atoms. The molecule has 0 fully saturated rings. The first-order chi connectivity index (χ1) is 8.31. The maximum atomic E-state index is 4.29. The van der Waals surface area contributed by atoms with Gasteiger partial charge in [0, 0.05) is 38.7 Å². The van der Waals surface area contributed by atoms with Crippen molar-refractivity contribution < 1.29 is 0 Å². The molecule has 0 unspecified atom stereocenters. The van der Waals surface area contributed by atoms with Crippen molar-refractivity contribution in [1.82, 2.24) is 24.6 Å². The van der Waals surface area contributed by atoms with Gasteiger partial charge in [-0.3, -0.25) is 4.68 Å². The fourth-order valence-corrected chi connectivity index (χ4v) is 1.79. The minimum absolute atomic E-state index is 0.779. The number of rotatable bonds is 6. The molecule has 0 aliphatic heterocycles. The van der Waals surface area contributed by atoms with E-state index in [1.165, 1.54) is 5.69 Å². The summed E-state index contributed by atoms with van der Waals surface area (Å²) in [6.07, 6.45) is 6.73. The average Bonchev–Trinajstić information content (AvgIpc) is 2.90. The van der Waals surface area contributed by atoms with Crippen LogP contribution >= 0.6 is 0 Å². The highest BCUT2D eigenvalue weighted by molar-refractivity contribution is 5.00. The summed E-state index contributed by atoms with van der Waals surface area (Å²) >= 11 is 0. The van der Waals surface area contributed by atoms with Crippen molar-refractivity contribution in [1.29, 1.82) is 0 Å². The number of hydrogen-bond acceptors (Lipinski definition) is 3. The molecule has 2 heterocycles. The quantitative estimate of drug-likeness (QED) is 0.818. The summed E-state index contributed by atoms with van der Waals surface area (Å²) in [6.45, 7) is 4.74. The molecular weight excluding hydrogens is 214 g/mol. The van der Waals surface area contributed by atoms with Crippen LogP contribution in [0.1, 0.15) is 24.9 Å². The van der Waals surface area contributed by atoms with Gasteiger partial charge in [-0.2, -0.15) is 5.10 Å². The van der Waals surface area contributed by atoms with E-state index in [1.54, 1.807) is 0 Å². The number of hydrogen-bond donors (Lipinski definition) is 1. The summed E-state index contributed by atoms with van der Waals surface area (Å²) in [6, 6.07) is 2.06. The first-order valence-corrected chi connectivity index (χ1v) is 5.99. The van der Waals surface area contributed by atoms with Gasteiger partial charge in [0.2, 0.25) is 0 Å². The molecule has 2 rings (SSSR count). The van der Waals surface area contributed by atoms with Gasteiger partial charge in [-0.15, -0.1) is 0 Å². The second-order valence-electron chi connectivity index (χ2n) is 4.10. The molecule has 5 heteroatoms. The van der Waals surface area contributed by atoms with Crippen molar-refractivity contribution in [3.05, 3.63) is 36.2 Å². The van der Waals surface area contributed by atoms with Crippen LogP contribution in [-0.4, -0.2) is 19.3 Å². The Morgan fingerprint density at radius 1 is 1.29 bits per heavy atom. The maximum absolute atomic E-state index is 4.29. The zero-order valence-electron chi connectivity index (χ0n) is 10.4. The first kappa shape index (κ1) is 11.9. The molecule has 0 spiro atoms. The Morgan fingerprint density at radius 2 is 2.18 bits per heavy atom. The van der Waals surface area contributed by atoms with E-state index in [9.17, 15) is 0 Å². The van der Waals surface area contributed by atoms with Crippen LogP contribution in [-0.2, 0) is 26.7 Å². The van der Waals surface area contributed by atoms with Crippen molar-refractivity contribution in [2.45, 2.75) is 33.0 Å². The Labute approximate surface area is 101 Å². The van der Waals surface area contributed by atoms with Gasteiger partial charge in [0.1, 0.15) is 5.82 Å². The van der Waals surface area contributed by atoms with Crippen molar-refractivity contribution in [2.24, 2.45) is 7.05 Å². The van der Waals surface area contributed by atoms with Gasteiger partial charge >= 0.3 is 0 Å². The Balaban J connectivity index is 1.86. The molecule has 0 aliphatic rings. The topological polar surface area (TPSA) is 47.7 Å². The van der Waals surface area contributed by atoms with Gasteiger partial charge in [0.15, 0.2) is 0 Å². The fraction of sp³-hybridized carbons (Fsp3) is 0.500. The van der Waals surface area contributed by atoms with Crippen LogP contribution in [0, 0.1) is 0 Å². The Morgan fingerprint density at radius 3 is 2.88 bits per heavy atom. The second-order valence-corrected chi connectivity index (χ2v) is 4.10. The molecule has 0 radical (unpaired) electrons. The average molecular weight is 233 g/mol. The van der Waals surface area contributed by atoms with Gasteiger partial charge in [0.05, 0.1) is 12.2 Å². The van der Waals surface area contributed by atoms with Crippen LogP contribution in [0.2, 0.25) is 0 Å². The third-order valence-electron chi connectivity index (χ3n) is 2.75. The summed E-state index contributed by atoms with van der Waals surface area (Å²) in [5.74, 6) is 1.05. The number of nitrogens with zero attached hydrogens (tertiary/aromatic N) is 4. The third-order valence-corrected chi connectivity index (χ3v) is 2.75. The van der Waals surface area contributed by atoms with E-state index in [2.05, 4.69) is 28.4 Å². The Hall–Kier alpha value is -1.62. The highest BCUT2D eigenvalue weighted by Crippen LogP contribution is 2.01. The molecule has 0 saturated heterocycles. The van der Waals surface area contributed by atoms with Crippen LogP contribution in [0.3, 0.4) is 0 Å². The molecule has 2 aromatic rings. The predicted octanol–water partition coefficient (Wildman–Crippen LogP) is 1.32. The van der Waals surface area contributed by atoms with Crippen molar-refractivity contribution in [2.75, 3.05) is 0 Å². The van der Waals surface area contributed by atoms with E-state index >= 15 is 0 Å². The second kappa shape index (κ2) is 5.63. The standard InChI is InChI=1S/C12H19N5/c1-3-7-17-11(4-5-15-17)9-13-10-12-14-6-8-16(12)2/h4-6,8,13H,3,7,9-10H2,1-2H3. The number of aromatic nitrogens is 4. The van der Waals surface area contributed by atoms with Gasteiger partial charge in [0.25, 0.3) is 0 Å². The van der Waals surface area contributed by atoms with Crippen LogP contribution in [0.4, 0.5) is 0 Å². The van der Waals surface area contributed by atoms with E-state index in [-0.39, 0.29) is 0 Å². The minimum atomic E-state index is 0.779. The van der Waals surface area contributed by atoms with Crippen LogP contribution in [0.5, 0.6) is 0 Å². The van der Waals surface area contributed by atoms with Gasteiger partial charge in [-0.25, -0.2) is 4.98 Å². The highest BCUT2D eigenvalue weighted by Gasteiger charge is 2.02. The zero-order chi connectivity index (χ0) is 12.1. The molecule has 0 bridgehead atoms. The van der Waals surface area contributed by atoms with Gasteiger partial charge in [-0.1, -0.05) is 6.92 Å².